The molecule has 3 rings (SSSR count). The first-order chi connectivity index (χ1) is 12.6. The quantitative estimate of drug-likeness (QED) is 0.536. The summed E-state index contributed by atoms with van der Waals surface area (Å²) >= 11 is 6.14. The summed E-state index contributed by atoms with van der Waals surface area (Å²) in [5, 5.41) is 17.4. The number of phenols is 1. The maximum Gasteiger partial charge on any atom is 0.191 e. The number of ether oxygens (including phenoxy) is 1. The highest BCUT2D eigenvalue weighted by molar-refractivity contribution is 6.30. The summed E-state index contributed by atoms with van der Waals surface area (Å²) in [6.45, 7) is 1.24. The van der Waals surface area contributed by atoms with Gasteiger partial charge in [0, 0.05) is 36.1 Å². The van der Waals surface area contributed by atoms with Gasteiger partial charge in [-0.2, -0.15) is 0 Å². The maximum absolute atomic E-state index is 9.99. The number of hydrogen-bond donors (Lipinski definition) is 3. The molecule has 1 aliphatic rings. The van der Waals surface area contributed by atoms with Crippen LogP contribution >= 0.6 is 11.6 Å². The van der Waals surface area contributed by atoms with Crippen molar-refractivity contribution in [2.24, 2.45) is 4.99 Å². The number of methoxy groups -OCH3 is 1. The zero-order valence-electron chi connectivity index (χ0n) is 15.1. The number of rotatable bonds is 6. The molecule has 1 fully saturated rings. The number of phenolic OH excluding ortho intramolecular Hbond substituents is 1. The second-order valence-electron chi connectivity index (χ2n) is 6.56. The van der Waals surface area contributed by atoms with E-state index < -0.39 is 0 Å². The first-order valence-electron chi connectivity index (χ1n) is 8.63. The molecule has 0 aliphatic heterocycles. The van der Waals surface area contributed by atoms with Gasteiger partial charge in [-0.3, -0.25) is 4.99 Å². The molecule has 0 radical (unpaired) electrons. The third-order valence-electron chi connectivity index (χ3n) is 4.84. The second-order valence-corrected chi connectivity index (χ2v) is 7.00. The van der Waals surface area contributed by atoms with E-state index in [0.717, 1.165) is 30.0 Å². The summed E-state index contributed by atoms with van der Waals surface area (Å²) in [5.74, 6) is 1.63. The van der Waals surface area contributed by atoms with Crippen LogP contribution in [0.15, 0.2) is 47.5 Å². The average molecular weight is 374 g/mol. The normalized spacial score (nSPS) is 15.4. The zero-order chi connectivity index (χ0) is 18.6. The van der Waals surface area contributed by atoms with Gasteiger partial charge in [0.2, 0.25) is 0 Å². The van der Waals surface area contributed by atoms with E-state index in [0.29, 0.717) is 18.3 Å². The molecule has 26 heavy (non-hydrogen) atoms. The highest BCUT2D eigenvalue weighted by atomic mass is 35.5. The Kier molecular flexibility index (Phi) is 5.57. The minimum absolute atomic E-state index is 0.126. The van der Waals surface area contributed by atoms with Crippen LogP contribution in [0.1, 0.15) is 24.0 Å². The molecule has 0 amide bonds. The number of nitrogens with one attached hydrogen (secondary N) is 2. The van der Waals surface area contributed by atoms with E-state index in [9.17, 15) is 5.11 Å². The Balaban J connectivity index is 1.59. The third kappa shape index (κ3) is 4.22. The van der Waals surface area contributed by atoms with Crippen molar-refractivity contribution >= 4 is 17.6 Å². The van der Waals surface area contributed by atoms with Gasteiger partial charge in [-0.1, -0.05) is 23.7 Å². The molecule has 0 unspecified atom stereocenters. The van der Waals surface area contributed by atoms with Crippen molar-refractivity contribution in [2.45, 2.75) is 24.8 Å². The maximum atomic E-state index is 9.99. The molecule has 0 aromatic heterocycles. The molecule has 6 heteroatoms. The van der Waals surface area contributed by atoms with Gasteiger partial charge in [-0.25, -0.2) is 0 Å². The summed E-state index contributed by atoms with van der Waals surface area (Å²) in [6.07, 6.45) is 2.27. The molecule has 1 aliphatic carbocycles. The number of halogens is 1. The van der Waals surface area contributed by atoms with Crippen LogP contribution in [0.3, 0.4) is 0 Å². The van der Waals surface area contributed by atoms with Crippen LogP contribution in [0.2, 0.25) is 5.02 Å². The lowest BCUT2D eigenvalue weighted by molar-refractivity contribution is 0.410. The molecular weight excluding hydrogens is 350 g/mol. The van der Waals surface area contributed by atoms with Gasteiger partial charge < -0.3 is 20.5 Å². The monoisotopic (exact) mass is 373 g/mol. The first kappa shape index (κ1) is 18.4. The molecule has 3 N–H and O–H groups in total. The Labute approximate surface area is 159 Å². The number of aliphatic imine (C=N–C) groups is 1. The van der Waals surface area contributed by atoms with Crippen molar-refractivity contribution in [3.05, 3.63) is 58.6 Å². The van der Waals surface area contributed by atoms with Crippen LogP contribution < -0.4 is 15.4 Å². The molecule has 0 bridgehead atoms. The SMILES string of the molecule is CN=C(NCc1cc(OC)ccc1O)NCC1(c2cccc(Cl)c2)CC1. The number of aromatic hydroxyl groups is 1. The Hall–Kier alpha value is -2.40. The summed E-state index contributed by atoms with van der Waals surface area (Å²) in [6, 6.07) is 13.2. The molecule has 0 heterocycles. The van der Waals surface area contributed by atoms with Crippen LogP contribution in [0.4, 0.5) is 0 Å². The van der Waals surface area contributed by atoms with Gasteiger partial charge in [0.05, 0.1) is 7.11 Å². The van der Waals surface area contributed by atoms with E-state index in [1.807, 2.05) is 24.3 Å². The molecular formula is C20H24ClN3O2. The zero-order valence-corrected chi connectivity index (χ0v) is 15.8. The molecule has 5 nitrogen and oxygen atoms in total. The summed E-state index contributed by atoms with van der Waals surface area (Å²) in [4.78, 5) is 4.27. The highest BCUT2D eigenvalue weighted by Crippen LogP contribution is 2.48. The number of benzene rings is 2. The fourth-order valence-corrected chi connectivity index (χ4v) is 3.21. The number of guanidine groups is 1. The third-order valence-corrected chi connectivity index (χ3v) is 5.08. The van der Waals surface area contributed by atoms with Gasteiger partial charge in [0.25, 0.3) is 0 Å². The van der Waals surface area contributed by atoms with Gasteiger partial charge in [-0.05, 0) is 48.7 Å². The lowest BCUT2D eigenvalue weighted by Crippen LogP contribution is -2.40. The lowest BCUT2D eigenvalue weighted by Gasteiger charge is -2.19. The Morgan fingerprint density at radius 1 is 1.23 bits per heavy atom. The van der Waals surface area contributed by atoms with Gasteiger partial charge in [0.1, 0.15) is 11.5 Å². The largest absolute Gasteiger partial charge is 0.508 e. The molecule has 138 valence electrons. The van der Waals surface area contributed by atoms with Crippen LogP contribution in [0, 0.1) is 0 Å². The van der Waals surface area contributed by atoms with Crippen LogP contribution in [0.25, 0.3) is 0 Å². The Morgan fingerprint density at radius 2 is 2.04 bits per heavy atom. The Bertz CT molecular complexity index is 803. The molecule has 0 saturated heterocycles. The van der Waals surface area contributed by atoms with Crippen molar-refractivity contribution in [3.63, 3.8) is 0 Å². The van der Waals surface area contributed by atoms with E-state index in [2.05, 4.69) is 21.7 Å². The first-order valence-corrected chi connectivity index (χ1v) is 9.00. The predicted molar refractivity (Wildman–Crippen MR) is 105 cm³/mol. The minimum Gasteiger partial charge on any atom is -0.508 e. The van der Waals surface area contributed by atoms with Crippen LogP contribution in [-0.4, -0.2) is 31.8 Å². The topological polar surface area (TPSA) is 65.9 Å². The van der Waals surface area contributed by atoms with Gasteiger partial charge in [-0.15, -0.1) is 0 Å². The summed E-state index contributed by atoms with van der Waals surface area (Å²) in [5.41, 5.74) is 2.14. The summed E-state index contributed by atoms with van der Waals surface area (Å²) < 4.78 is 5.21. The number of nitrogens with zero attached hydrogens (tertiary/aromatic N) is 1. The number of hydrogen-bond acceptors (Lipinski definition) is 3. The predicted octanol–water partition coefficient (Wildman–Crippen LogP) is 3.45. The highest BCUT2D eigenvalue weighted by Gasteiger charge is 2.44. The second kappa shape index (κ2) is 7.87. The van der Waals surface area contributed by atoms with Crippen molar-refractivity contribution in [1.29, 1.82) is 0 Å². The Morgan fingerprint density at radius 3 is 2.69 bits per heavy atom. The van der Waals surface area contributed by atoms with Crippen LogP contribution in [-0.2, 0) is 12.0 Å². The van der Waals surface area contributed by atoms with E-state index in [4.69, 9.17) is 16.3 Å². The van der Waals surface area contributed by atoms with E-state index in [1.165, 1.54) is 5.56 Å². The standard InChI is InChI=1S/C20H24ClN3O2/c1-22-19(23-12-14-10-17(26-2)6-7-18(14)25)24-13-20(8-9-20)15-4-3-5-16(21)11-15/h3-7,10-11,25H,8-9,12-13H2,1-2H3,(H2,22,23,24). The minimum atomic E-state index is 0.126. The van der Waals surface area contributed by atoms with Crippen molar-refractivity contribution in [3.8, 4) is 11.5 Å². The molecule has 1 saturated carbocycles. The summed E-state index contributed by atoms with van der Waals surface area (Å²) in [7, 11) is 3.34. The van der Waals surface area contributed by atoms with Gasteiger partial charge in [0.15, 0.2) is 5.96 Å². The van der Waals surface area contributed by atoms with Crippen molar-refractivity contribution in [1.82, 2.24) is 10.6 Å². The van der Waals surface area contributed by atoms with Crippen molar-refractivity contribution in [2.75, 3.05) is 20.7 Å². The van der Waals surface area contributed by atoms with E-state index in [1.54, 1.807) is 26.3 Å². The molecule has 2 aromatic rings. The molecule has 0 spiro atoms. The molecule has 0 atom stereocenters. The van der Waals surface area contributed by atoms with E-state index >= 15 is 0 Å². The molecule has 2 aromatic carbocycles. The smallest absolute Gasteiger partial charge is 0.191 e. The lowest BCUT2D eigenvalue weighted by atomic mass is 9.96. The van der Waals surface area contributed by atoms with Gasteiger partial charge >= 0.3 is 0 Å². The fourth-order valence-electron chi connectivity index (χ4n) is 3.02. The van der Waals surface area contributed by atoms with Crippen LogP contribution in [0.5, 0.6) is 11.5 Å². The van der Waals surface area contributed by atoms with E-state index in [-0.39, 0.29) is 11.2 Å². The average Bonchev–Trinajstić information content (AvgIpc) is 3.44. The fraction of sp³-hybridized carbons (Fsp3) is 0.350. The van der Waals surface area contributed by atoms with Crippen molar-refractivity contribution < 1.29 is 9.84 Å².